The Hall–Kier alpha value is -4.28. The van der Waals surface area contributed by atoms with E-state index in [9.17, 15) is 18.8 Å². The Morgan fingerprint density at radius 3 is 2.68 bits per heavy atom. The van der Waals surface area contributed by atoms with Crippen molar-refractivity contribution in [1.29, 1.82) is 0 Å². The van der Waals surface area contributed by atoms with E-state index in [1.807, 2.05) is 6.07 Å². The average Bonchev–Trinajstić information content (AvgIpc) is 3.40. The Bertz CT molecular complexity index is 1400. The maximum absolute atomic E-state index is 15.3. The van der Waals surface area contributed by atoms with Crippen LogP contribution >= 0.6 is 0 Å². The normalized spacial score (nSPS) is 19.1. The molecule has 0 radical (unpaired) electrons. The molecule has 37 heavy (non-hydrogen) atoms. The third-order valence-electron chi connectivity index (χ3n) is 6.77. The van der Waals surface area contributed by atoms with E-state index >= 15 is 4.39 Å². The van der Waals surface area contributed by atoms with Crippen molar-refractivity contribution in [2.24, 2.45) is 0 Å². The van der Waals surface area contributed by atoms with Gasteiger partial charge in [0.1, 0.15) is 0 Å². The first-order valence-electron chi connectivity index (χ1n) is 11.7. The fraction of sp³-hybridized carbons (Fsp3) is 0.308. The van der Waals surface area contributed by atoms with Crippen molar-refractivity contribution in [2.75, 3.05) is 20.4 Å². The highest BCUT2D eigenvalue weighted by Crippen LogP contribution is 2.46. The number of halogens is 2. The summed E-state index contributed by atoms with van der Waals surface area (Å²) in [5, 5.41) is 4.28. The molecule has 5 rings (SSSR count). The Morgan fingerprint density at radius 2 is 1.92 bits per heavy atom. The summed E-state index contributed by atoms with van der Waals surface area (Å²) >= 11 is 0. The van der Waals surface area contributed by atoms with Gasteiger partial charge in [-0.05, 0) is 24.5 Å². The molecule has 9 nitrogen and oxygen atoms in total. The molecule has 2 aliphatic rings. The van der Waals surface area contributed by atoms with Gasteiger partial charge in [-0.1, -0.05) is 42.5 Å². The highest BCUT2D eigenvalue weighted by atomic mass is 19.2. The van der Waals surface area contributed by atoms with Crippen molar-refractivity contribution in [2.45, 2.75) is 30.8 Å². The molecule has 0 bridgehead atoms. The first-order chi connectivity index (χ1) is 17.9. The van der Waals surface area contributed by atoms with Crippen LogP contribution in [0.1, 0.15) is 46.4 Å². The van der Waals surface area contributed by atoms with Gasteiger partial charge in [-0.25, -0.2) is 13.6 Å². The highest BCUT2D eigenvalue weighted by molar-refractivity contribution is 5.96. The second kappa shape index (κ2) is 10.00. The number of carbonyl (C=O) groups is 2. The second-order valence-electron chi connectivity index (χ2n) is 8.72. The molecule has 1 fully saturated rings. The third-order valence-corrected chi connectivity index (χ3v) is 6.77. The number of hydrogen-bond acceptors (Lipinski definition) is 7. The quantitative estimate of drug-likeness (QED) is 0.368. The number of methoxy groups -OCH3 is 1. The van der Waals surface area contributed by atoms with Gasteiger partial charge < -0.3 is 19.1 Å². The van der Waals surface area contributed by atoms with Crippen molar-refractivity contribution in [1.82, 2.24) is 14.7 Å². The van der Waals surface area contributed by atoms with E-state index in [1.54, 1.807) is 29.2 Å². The van der Waals surface area contributed by atoms with E-state index in [-0.39, 0.29) is 17.0 Å². The third kappa shape index (κ3) is 4.30. The van der Waals surface area contributed by atoms with Crippen LogP contribution in [0.3, 0.4) is 0 Å². The van der Waals surface area contributed by atoms with Crippen LogP contribution in [0.25, 0.3) is 0 Å². The highest BCUT2D eigenvalue weighted by Gasteiger charge is 2.48. The average molecular weight is 511 g/mol. The monoisotopic (exact) mass is 511 g/mol. The van der Waals surface area contributed by atoms with Crippen LogP contribution in [0.15, 0.2) is 59.5 Å². The van der Waals surface area contributed by atoms with Gasteiger partial charge in [0.05, 0.1) is 25.4 Å². The maximum Gasteiger partial charge on any atom is 0.510 e. The van der Waals surface area contributed by atoms with Gasteiger partial charge in [0, 0.05) is 18.0 Å². The lowest BCUT2D eigenvalue weighted by Gasteiger charge is -2.42. The number of aromatic nitrogens is 2. The molecule has 0 saturated carbocycles. The second-order valence-corrected chi connectivity index (χ2v) is 8.72. The van der Waals surface area contributed by atoms with Crippen molar-refractivity contribution in [3.63, 3.8) is 0 Å². The molecular formula is C26H23F2N3O6. The topological polar surface area (TPSA) is 100.0 Å². The maximum atomic E-state index is 15.3. The molecule has 3 atom stereocenters. The molecule has 1 amide bonds. The molecule has 0 aliphatic carbocycles. The zero-order valence-electron chi connectivity index (χ0n) is 19.8. The molecule has 3 aromatic rings. The Balaban J connectivity index is 1.70. The van der Waals surface area contributed by atoms with E-state index in [2.05, 4.69) is 9.84 Å². The summed E-state index contributed by atoms with van der Waals surface area (Å²) in [6, 6.07) is 11.9. The molecule has 1 saturated heterocycles. The first-order valence-corrected chi connectivity index (χ1v) is 11.7. The van der Waals surface area contributed by atoms with Gasteiger partial charge in [-0.15, -0.1) is 0 Å². The Kier molecular flexibility index (Phi) is 6.60. The molecule has 11 heteroatoms. The van der Waals surface area contributed by atoms with Crippen LogP contribution in [-0.2, 0) is 9.47 Å². The summed E-state index contributed by atoms with van der Waals surface area (Å²) in [5.74, 6) is -3.59. The predicted molar refractivity (Wildman–Crippen MR) is 125 cm³/mol. The number of benzene rings is 2. The number of nitrogens with zero attached hydrogens (tertiary/aromatic N) is 3. The lowest BCUT2D eigenvalue weighted by atomic mass is 9.79. The van der Waals surface area contributed by atoms with Crippen LogP contribution < -0.4 is 10.2 Å². The number of amides is 1. The standard InChI is InChI=1S/C26H23F2N3O6/c1-35-26(34)37-14-36-24-19(32)13-29-31-22(18-11-6-12-30(18)25(33)23(24)31)20(15-7-3-2-4-8-15)16-9-5-10-17(27)21(16)28/h2-5,7-10,13,18,20,22H,6,11-12,14H2,1H3/t18-,20-,22-/m1/s1. The van der Waals surface area contributed by atoms with Crippen molar-refractivity contribution in [3.8, 4) is 5.75 Å². The molecule has 3 heterocycles. The molecule has 0 N–H and O–H groups in total. The van der Waals surface area contributed by atoms with Gasteiger partial charge in [-0.2, -0.15) is 5.10 Å². The zero-order valence-corrected chi connectivity index (χ0v) is 19.8. The molecule has 0 unspecified atom stereocenters. The fourth-order valence-electron chi connectivity index (χ4n) is 5.25. The van der Waals surface area contributed by atoms with Crippen LogP contribution in [0.5, 0.6) is 5.75 Å². The van der Waals surface area contributed by atoms with Crippen LogP contribution in [-0.4, -0.2) is 53.2 Å². The number of carbonyl (C=O) groups excluding carboxylic acids is 2. The summed E-state index contributed by atoms with van der Waals surface area (Å²) in [7, 11) is 1.11. The zero-order chi connectivity index (χ0) is 26.1. The van der Waals surface area contributed by atoms with E-state index in [0.717, 1.165) is 19.4 Å². The SMILES string of the molecule is COC(=O)OCOc1c2n(ncc1=O)[C@@H]([C@H](c1ccccc1)c1cccc(F)c1F)[C@H]1CCCN1C2=O. The molecule has 0 spiro atoms. The first kappa shape index (κ1) is 24.4. The summed E-state index contributed by atoms with van der Waals surface area (Å²) in [6.07, 6.45) is 1.25. The molecule has 2 aliphatic heterocycles. The lowest BCUT2D eigenvalue weighted by Crippen LogP contribution is -2.51. The minimum Gasteiger partial charge on any atom is -0.451 e. The van der Waals surface area contributed by atoms with Crippen molar-refractivity contribution < 1.29 is 32.6 Å². The van der Waals surface area contributed by atoms with Gasteiger partial charge in [0.15, 0.2) is 17.3 Å². The summed E-state index contributed by atoms with van der Waals surface area (Å²) < 4.78 is 45.6. The number of hydrogen-bond donors (Lipinski definition) is 0. The minimum absolute atomic E-state index is 0.0975. The summed E-state index contributed by atoms with van der Waals surface area (Å²) in [5.41, 5.74) is -0.0685. The minimum atomic E-state index is -1.03. The van der Waals surface area contributed by atoms with Crippen LogP contribution in [0.2, 0.25) is 0 Å². The van der Waals surface area contributed by atoms with Gasteiger partial charge in [0.2, 0.25) is 18.0 Å². The molecule has 2 aromatic carbocycles. The molecule has 192 valence electrons. The number of rotatable bonds is 6. The largest absolute Gasteiger partial charge is 0.510 e. The van der Waals surface area contributed by atoms with E-state index in [4.69, 9.17) is 9.47 Å². The van der Waals surface area contributed by atoms with Gasteiger partial charge in [-0.3, -0.25) is 14.3 Å². The summed E-state index contributed by atoms with van der Waals surface area (Å²) in [6.45, 7) is -0.269. The van der Waals surface area contributed by atoms with Gasteiger partial charge in [0.25, 0.3) is 5.91 Å². The smallest absolute Gasteiger partial charge is 0.451 e. The Labute approximate surface area is 210 Å². The lowest BCUT2D eigenvalue weighted by molar-refractivity contribution is 0.0126. The Morgan fingerprint density at radius 1 is 1.14 bits per heavy atom. The van der Waals surface area contributed by atoms with Crippen LogP contribution in [0, 0.1) is 11.6 Å². The number of ether oxygens (including phenoxy) is 3. The van der Waals surface area contributed by atoms with E-state index in [0.29, 0.717) is 24.9 Å². The fourth-order valence-corrected chi connectivity index (χ4v) is 5.25. The van der Waals surface area contributed by atoms with E-state index < -0.39 is 53.9 Å². The van der Waals surface area contributed by atoms with Crippen molar-refractivity contribution >= 4 is 12.1 Å². The number of fused-ring (bicyclic) bond motifs is 2. The van der Waals surface area contributed by atoms with Gasteiger partial charge >= 0.3 is 6.16 Å². The molecule has 1 aromatic heterocycles. The van der Waals surface area contributed by atoms with Crippen molar-refractivity contribution in [3.05, 3.63) is 93.4 Å². The summed E-state index contributed by atoms with van der Waals surface area (Å²) in [4.78, 5) is 39.3. The van der Waals surface area contributed by atoms with Crippen LogP contribution in [0.4, 0.5) is 13.6 Å². The molecular weight excluding hydrogens is 488 g/mol. The van der Waals surface area contributed by atoms with E-state index in [1.165, 1.54) is 16.8 Å². The predicted octanol–water partition coefficient (Wildman–Crippen LogP) is 3.63.